The van der Waals surface area contributed by atoms with Crippen molar-refractivity contribution in [1.29, 1.82) is 0 Å². The van der Waals surface area contributed by atoms with Gasteiger partial charge in [-0.05, 0) is 6.07 Å². The largest absolute Gasteiger partial charge is 0.480 e. The summed E-state index contributed by atoms with van der Waals surface area (Å²) in [6, 6.07) is 0.381. The number of aliphatic carboxylic acids is 1. The standard InChI is InChI=1S/C10H11Cl2NO4S/c1-17-3-2-6(10(15)16)13-9(14)5-4-7(11)18-8(5)12/h4,6H,2-3H2,1H3,(H,13,14)(H,15,16). The third-order valence-corrected chi connectivity index (χ3v) is 3.60. The van der Waals surface area contributed by atoms with Crippen LogP contribution in [-0.4, -0.2) is 36.7 Å². The molecule has 0 fully saturated rings. The summed E-state index contributed by atoms with van der Waals surface area (Å²) in [5.41, 5.74) is 0.176. The van der Waals surface area contributed by atoms with Gasteiger partial charge in [0.05, 0.1) is 9.90 Å². The minimum atomic E-state index is -1.13. The summed E-state index contributed by atoms with van der Waals surface area (Å²) in [6.07, 6.45) is 0.174. The van der Waals surface area contributed by atoms with Crippen LogP contribution >= 0.6 is 34.5 Å². The molecule has 2 N–H and O–H groups in total. The quantitative estimate of drug-likeness (QED) is 0.845. The minimum Gasteiger partial charge on any atom is -0.480 e. The lowest BCUT2D eigenvalue weighted by Gasteiger charge is -2.13. The molecule has 18 heavy (non-hydrogen) atoms. The SMILES string of the molecule is COCCC(NC(=O)c1cc(Cl)sc1Cl)C(=O)O. The molecule has 1 atom stereocenters. The lowest BCUT2D eigenvalue weighted by Crippen LogP contribution is -2.41. The van der Waals surface area contributed by atoms with Gasteiger partial charge in [-0.3, -0.25) is 4.79 Å². The first-order valence-electron chi connectivity index (χ1n) is 4.93. The maximum atomic E-state index is 11.8. The molecular formula is C10H11Cl2NO4S. The number of nitrogens with one attached hydrogen (secondary N) is 1. The molecule has 100 valence electrons. The Kier molecular flexibility index (Phi) is 5.87. The van der Waals surface area contributed by atoms with Gasteiger partial charge in [0.2, 0.25) is 0 Å². The van der Waals surface area contributed by atoms with Crippen LogP contribution in [0.1, 0.15) is 16.8 Å². The summed E-state index contributed by atoms with van der Waals surface area (Å²) in [5.74, 6) is -1.69. The van der Waals surface area contributed by atoms with E-state index >= 15 is 0 Å². The summed E-state index contributed by atoms with van der Waals surface area (Å²) in [6.45, 7) is 0.232. The number of carbonyl (C=O) groups is 2. The van der Waals surface area contributed by atoms with E-state index in [0.717, 1.165) is 11.3 Å². The maximum absolute atomic E-state index is 11.8. The van der Waals surface area contributed by atoms with Crippen LogP contribution in [0, 0.1) is 0 Å². The average molecular weight is 312 g/mol. The predicted molar refractivity (Wildman–Crippen MR) is 69.7 cm³/mol. The molecule has 0 saturated carbocycles. The highest BCUT2D eigenvalue weighted by molar-refractivity contribution is 7.20. The minimum absolute atomic E-state index is 0.174. The number of hydrogen-bond donors (Lipinski definition) is 2. The van der Waals surface area contributed by atoms with E-state index < -0.39 is 17.9 Å². The fourth-order valence-corrected chi connectivity index (χ4v) is 2.68. The number of amides is 1. The van der Waals surface area contributed by atoms with Crippen LogP contribution in [-0.2, 0) is 9.53 Å². The van der Waals surface area contributed by atoms with Crippen molar-refractivity contribution >= 4 is 46.4 Å². The Morgan fingerprint density at radius 3 is 2.67 bits per heavy atom. The van der Waals surface area contributed by atoms with Gasteiger partial charge in [0.15, 0.2) is 0 Å². The van der Waals surface area contributed by atoms with Crippen LogP contribution in [0.25, 0.3) is 0 Å². The van der Waals surface area contributed by atoms with Crippen molar-refractivity contribution in [2.24, 2.45) is 0 Å². The second-order valence-electron chi connectivity index (χ2n) is 3.38. The van der Waals surface area contributed by atoms with E-state index in [-0.39, 0.29) is 22.9 Å². The average Bonchev–Trinajstić information content (AvgIpc) is 2.63. The summed E-state index contributed by atoms with van der Waals surface area (Å²) in [7, 11) is 1.45. The van der Waals surface area contributed by atoms with Gasteiger partial charge in [-0.15, -0.1) is 11.3 Å². The topological polar surface area (TPSA) is 75.6 Å². The Hall–Kier alpha value is -0.820. The van der Waals surface area contributed by atoms with Gasteiger partial charge in [0.25, 0.3) is 5.91 Å². The van der Waals surface area contributed by atoms with Crippen LogP contribution in [0.2, 0.25) is 8.67 Å². The number of carboxylic acid groups (broad SMARTS) is 1. The molecule has 1 heterocycles. The van der Waals surface area contributed by atoms with E-state index in [1.807, 2.05) is 0 Å². The van der Waals surface area contributed by atoms with Crippen LogP contribution < -0.4 is 5.32 Å². The zero-order chi connectivity index (χ0) is 13.7. The summed E-state index contributed by atoms with van der Waals surface area (Å²) in [5, 5.41) is 11.3. The van der Waals surface area contributed by atoms with Gasteiger partial charge in [-0.2, -0.15) is 0 Å². The highest BCUT2D eigenvalue weighted by Crippen LogP contribution is 2.31. The van der Waals surface area contributed by atoms with E-state index in [1.165, 1.54) is 13.2 Å². The van der Waals surface area contributed by atoms with Gasteiger partial charge < -0.3 is 15.2 Å². The number of carboxylic acids is 1. The molecule has 0 radical (unpaired) electrons. The fourth-order valence-electron chi connectivity index (χ4n) is 1.22. The van der Waals surface area contributed by atoms with Crippen molar-refractivity contribution in [3.8, 4) is 0 Å². The number of halogens is 2. The third kappa shape index (κ3) is 4.13. The second-order valence-corrected chi connectivity index (χ2v) is 5.67. The Morgan fingerprint density at radius 2 is 2.22 bits per heavy atom. The van der Waals surface area contributed by atoms with E-state index in [9.17, 15) is 9.59 Å². The highest BCUT2D eigenvalue weighted by atomic mass is 35.5. The number of methoxy groups -OCH3 is 1. The maximum Gasteiger partial charge on any atom is 0.326 e. The van der Waals surface area contributed by atoms with Crippen molar-refractivity contribution in [3.05, 3.63) is 20.3 Å². The van der Waals surface area contributed by atoms with Gasteiger partial charge in [-0.1, -0.05) is 23.2 Å². The van der Waals surface area contributed by atoms with E-state index in [1.54, 1.807) is 0 Å². The molecular weight excluding hydrogens is 301 g/mol. The molecule has 1 unspecified atom stereocenters. The number of thiophene rings is 1. The zero-order valence-corrected chi connectivity index (χ0v) is 11.7. The van der Waals surface area contributed by atoms with Crippen molar-refractivity contribution in [3.63, 3.8) is 0 Å². The molecule has 1 rings (SSSR count). The fraction of sp³-hybridized carbons (Fsp3) is 0.400. The smallest absolute Gasteiger partial charge is 0.326 e. The van der Waals surface area contributed by atoms with Crippen molar-refractivity contribution in [1.82, 2.24) is 5.32 Å². The third-order valence-electron chi connectivity index (χ3n) is 2.12. The van der Waals surface area contributed by atoms with E-state index in [0.29, 0.717) is 4.34 Å². The summed E-state index contributed by atoms with van der Waals surface area (Å²) in [4.78, 5) is 22.7. The molecule has 5 nitrogen and oxygen atoms in total. The first-order chi connectivity index (χ1) is 8.45. The van der Waals surface area contributed by atoms with Crippen LogP contribution in [0.3, 0.4) is 0 Å². The number of ether oxygens (including phenoxy) is 1. The Labute approximate surface area is 118 Å². The monoisotopic (exact) mass is 311 g/mol. The Balaban J connectivity index is 2.72. The Bertz CT molecular complexity index is 449. The predicted octanol–water partition coefficient (Wildman–Crippen LogP) is 2.27. The molecule has 0 aliphatic heterocycles. The lowest BCUT2D eigenvalue weighted by molar-refractivity contribution is -0.139. The van der Waals surface area contributed by atoms with E-state index in [2.05, 4.69) is 5.32 Å². The molecule has 0 aromatic carbocycles. The molecule has 0 aliphatic rings. The van der Waals surface area contributed by atoms with Gasteiger partial charge >= 0.3 is 5.97 Å². The normalized spacial score (nSPS) is 12.2. The van der Waals surface area contributed by atoms with Crippen molar-refractivity contribution in [2.45, 2.75) is 12.5 Å². The summed E-state index contributed by atoms with van der Waals surface area (Å²) < 4.78 is 5.38. The van der Waals surface area contributed by atoms with Gasteiger partial charge in [0, 0.05) is 20.1 Å². The Morgan fingerprint density at radius 1 is 1.56 bits per heavy atom. The lowest BCUT2D eigenvalue weighted by atomic mass is 10.2. The van der Waals surface area contributed by atoms with Gasteiger partial charge in [-0.25, -0.2) is 4.79 Å². The number of carbonyl (C=O) groups excluding carboxylic acids is 1. The van der Waals surface area contributed by atoms with Crippen LogP contribution in [0.5, 0.6) is 0 Å². The first-order valence-corrected chi connectivity index (χ1v) is 6.50. The van der Waals surface area contributed by atoms with Crippen LogP contribution in [0.4, 0.5) is 0 Å². The highest BCUT2D eigenvalue weighted by Gasteiger charge is 2.22. The molecule has 0 saturated heterocycles. The molecule has 1 amide bonds. The molecule has 8 heteroatoms. The second kappa shape index (κ2) is 6.94. The summed E-state index contributed by atoms with van der Waals surface area (Å²) >= 11 is 12.6. The van der Waals surface area contributed by atoms with Crippen molar-refractivity contribution in [2.75, 3.05) is 13.7 Å². The van der Waals surface area contributed by atoms with E-state index in [4.69, 9.17) is 33.0 Å². The molecule has 0 bridgehead atoms. The molecule has 1 aromatic rings. The first kappa shape index (κ1) is 15.2. The molecule has 1 aromatic heterocycles. The van der Waals surface area contributed by atoms with Crippen LogP contribution in [0.15, 0.2) is 6.07 Å². The number of rotatable bonds is 6. The van der Waals surface area contributed by atoms with Crippen molar-refractivity contribution < 1.29 is 19.4 Å². The molecule has 0 spiro atoms. The zero-order valence-electron chi connectivity index (χ0n) is 9.41. The molecule has 0 aliphatic carbocycles. The number of hydrogen-bond acceptors (Lipinski definition) is 4. The van der Waals surface area contributed by atoms with Gasteiger partial charge in [0.1, 0.15) is 10.4 Å².